The van der Waals surface area contributed by atoms with Gasteiger partial charge in [0.2, 0.25) is 0 Å². The zero-order valence-electron chi connectivity index (χ0n) is 8.75. The molecular formula is C10H9ClO5S. The van der Waals surface area contributed by atoms with Crippen LogP contribution in [0.15, 0.2) is 40.5 Å². The maximum absolute atomic E-state index is 11.6. The van der Waals surface area contributed by atoms with Gasteiger partial charge in [0.1, 0.15) is 4.90 Å². The molecule has 0 saturated heterocycles. The van der Waals surface area contributed by atoms with E-state index in [1.54, 1.807) is 6.92 Å². The zero-order valence-corrected chi connectivity index (χ0v) is 10.3. The van der Waals surface area contributed by atoms with Crippen molar-refractivity contribution in [3.8, 4) is 0 Å². The molecule has 0 spiro atoms. The Balaban J connectivity index is 3.20. The first-order valence-corrected chi connectivity index (χ1v) is 6.28. The van der Waals surface area contributed by atoms with Gasteiger partial charge in [-0.25, -0.2) is 4.79 Å². The maximum Gasteiger partial charge on any atom is 0.345 e. The fourth-order valence-electron chi connectivity index (χ4n) is 1.06. The number of esters is 1. The van der Waals surface area contributed by atoms with E-state index in [4.69, 9.17) is 16.2 Å². The molecule has 0 bridgehead atoms. The monoisotopic (exact) mass is 276 g/mol. The van der Waals surface area contributed by atoms with E-state index in [0.717, 1.165) is 6.07 Å². The summed E-state index contributed by atoms with van der Waals surface area (Å²) in [7, 11) is -4.48. The second kappa shape index (κ2) is 5.31. The van der Waals surface area contributed by atoms with E-state index < -0.39 is 21.0 Å². The Morgan fingerprint density at radius 1 is 1.41 bits per heavy atom. The van der Waals surface area contributed by atoms with E-state index in [2.05, 4.69) is 4.74 Å². The quantitative estimate of drug-likeness (QED) is 0.520. The molecule has 0 saturated carbocycles. The Morgan fingerprint density at radius 2 is 2.00 bits per heavy atom. The molecule has 0 aliphatic carbocycles. The fraction of sp³-hybridized carbons (Fsp3) is 0.100. The van der Waals surface area contributed by atoms with E-state index in [-0.39, 0.29) is 10.8 Å². The highest BCUT2D eigenvalue weighted by atomic mass is 35.5. The number of rotatable bonds is 3. The van der Waals surface area contributed by atoms with E-state index >= 15 is 0 Å². The Labute approximate surface area is 103 Å². The lowest BCUT2D eigenvalue weighted by Crippen LogP contribution is -2.10. The van der Waals surface area contributed by atoms with Gasteiger partial charge in [-0.1, -0.05) is 12.1 Å². The summed E-state index contributed by atoms with van der Waals surface area (Å²) in [6.07, 6.45) is 1.33. The molecule has 0 fully saturated rings. The van der Waals surface area contributed by atoms with Gasteiger partial charge in [0.25, 0.3) is 10.1 Å². The molecule has 1 rings (SSSR count). The molecule has 5 nitrogen and oxygen atoms in total. The minimum Gasteiger partial charge on any atom is -0.411 e. The van der Waals surface area contributed by atoms with Crippen molar-refractivity contribution >= 4 is 27.7 Å². The van der Waals surface area contributed by atoms with Gasteiger partial charge >= 0.3 is 5.97 Å². The molecule has 0 unspecified atom stereocenters. The van der Waals surface area contributed by atoms with Crippen LogP contribution in [0.25, 0.3) is 0 Å². The summed E-state index contributed by atoms with van der Waals surface area (Å²) in [5, 5.41) is -0.180. The Hall–Kier alpha value is -1.37. The smallest absolute Gasteiger partial charge is 0.345 e. The number of ether oxygens (including phenoxy) is 1. The summed E-state index contributed by atoms with van der Waals surface area (Å²) in [4.78, 5) is 11.0. The molecule has 0 heterocycles. The predicted molar refractivity (Wildman–Crippen MR) is 61.3 cm³/mol. The topological polar surface area (TPSA) is 80.7 Å². The van der Waals surface area contributed by atoms with Crippen LogP contribution in [0.5, 0.6) is 0 Å². The Morgan fingerprint density at radius 3 is 2.53 bits per heavy atom. The van der Waals surface area contributed by atoms with Crippen molar-refractivity contribution < 1.29 is 22.5 Å². The number of carbonyl (C=O) groups is 1. The minimum atomic E-state index is -4.48. The summed E-state index contributed by atoms with van der Waals surface area (Å²) in [6, 6.07) is 5.12. The average Bonchev–Trinajstić information content (AvgIpc) is 2.27. The largest absolute Gasteiger partial charge is 0.411 e. The molecule has 1 aromatic carbocycles. The number of halogens is 1. The van der Waals surface area contributed by atoms with Gasteiger partial charge in [-0.05, 0) is 36.7 Å². The van der Waals surface area contributed by atoms with Crippen molar-refractivity contribution in [3.63, 3.8) is 0 Å². The zero-order chi connectivity index (χ0) is 13.1. The van der Waals surface area contributed by atoms with E-state index in [9.17, 15) is 13.2 Å². The van der Waals surface area contributed by atoms with Crippen molar-refractivity contribution in [3.05, 3.63) is 41.1 Å². The number of allylic oxidation sites excluding steroid dienone is 1. The molecule has 0 atom stereocenters. The molecule has 1 aromatic rings. The van der Waals surface area contributed by atoms with Crippen LogP contribution in [0.2, 0.25) is 0 Å². The van der Waals surface area contributed by atoms with E-state index in [1.165, 1.54) is 24.3 Å². The maximum atomic E-state index is 11.6. The first-order chi connectivity index (χ1) is 7.86. The van der Waals surface area contributed by atoms with Gasteiger partial charge in [0.15, 0.2) is 5.22 Å². The first kappa shape index (κ1) is 13.7. The summed E-state index contributed by atoms with van der Waals surface area (Å²) >= 11 is 5.48. The van der Waals surface area contributed by atoms with Crippen LogP contribution in [0.4, 0.5) is 0 Å². The molecule has 0 radical (unpaired) electrons. The van der Waals surface area contributed by atoms with E-state index in [1.807, 2.05) is 0 Å². The van der Waals surface area contributed by atoms with Gasteiger partial charge in [0, 0.05) is 0 Å². The highest BCUT2D eigenvalue weighted by molar-refractivity contribution is 7.86. The second-order valence-electron chi connectivity index (χ2n) is 2.95. The Kier molecular flexibility index (Phi) is 4.28. The summed E-state index contributed by atoms with van der Waals surface area (Å²) in [5.41, 5.74) is -0.282. The Bertz CT molecular complexity index is 562. The van der Waals surface area contributed by atoms with Gasteiger partial charge in [-0.15, -0.1) is 0 Å². The first-order valence-electron chi connectivity index (χ1n) is 4.46. The second-order valence-corrected chi connectivity index (χ2v) is 4.72. The molecule has 0 aliphatic rings. The van der Waals surface area contributed by atoms with Crippen LogP contribution in [0.1, 0.15) is 17.3 Å². The highest BCUT2D eigenvalue weighted by Gasteiger charge is 2.21. The number of hydrogen-bond acceptors (Lipinski definition) is 4. The SMILES string of the molecule is CC=C(Cl)OC(=O)c1ccccc1S(=O)(=O)O. The molecular weight excluding hydrogens is 268 g/mol. The third kappa shape index (κ3) is 3.55. The van der Waals surface area contributed by atoms with Crippen LogP contribution < -0.4 is 0 Å². The highest BCUT2D eigenvalue weighted by Crippen LogP contribution is 2.18. The van der Waals surface area contributed by atoms with Crippen molar-refractivity contribution in [1.29, 1.82) is 0 Å². The number of benzene rings is 1. The van der Waals surface area contributed by atoms with Crippen LogP contribution >= 0.6 is 11.6 Å². The van der Waals surface area contributed by atoms with Crippen molar-refractivity contribution in [2.75, 3.05) is 0 Å². The molecule has 1 N–H and O–H groups in total. The van der Waals surface area contributed by atoms with Crippen LogP contribution in [-0.4, -0.2) is 18.9 Å². The third-order valence-electron chi connectivity index (χ3n) is 1.80. The normalized spacial score (nSPS) is 12.3. The summed E-state index contributed by atoms with van der Waals surface area (Å²) in [6.45, 7) is 1.55. The van der Waals surface area contributed by atoms with Crippen LogP contribution in [0.3, 0.4) is 0 Å². The van der Waals surface area contributed by atoms with Crippen molar-refractivity contribution in [2.45, 2.75) is 11.8 Å². The molecule has 0 amide bonds. The van der Waals surface area contributed by atoms with Gasteiger partial charge < -0.3 is 4.74 Å². The molecule has 7 heteroatoms. The standard InChI is InChI=1S/C10H9ClO5S/c1-2-9(11)16-10(12)7-5-3-4-6-8(7)17(13,14)15/h2-6H,1H3,(H,13,14,15). The van der Waals surface area contributed by atoms with Crippen LogP contribution in [0, 0.1) is 0 Å². The van der Waals surface area contributed by atoms with Crippen molar-refractivity contribution in [1.82, 2.24) is 0 Å². The number of carbonyl (C=O) groups excluding carboxylic acids is 1. The molecule has 17 heavy (non-hydrogen) atoms. The summed E-state index contributed by atoms with van der Waals surface area (Å²) < 4.78 is 35.6. The minimum absolute atomic E-state index is 0.180. The fourth-order valence-corrected chi connectivity index (χ4v) is 1.81. The van der Waals surface area contributed by atoms with Gasteiger partial charge in [0.05, 0.1) is 5.56 Å². The van der Waals surface area contributed by atoms with Gasteiger partial charge in [-0.3, -0.25) is 4.55 Å². The van der Waals surface area contributed by atoms with Gasteiger partial charge in [-0.2, -0.15) is 8.42 Å². The molecule has 92 valence electrons. The predicted octanol–water partition coefficient (Wildman–Crippen LogP) is 2.19. The lowest BCUT2D eigenvalue weighted by Gasteiger charge is -2.05. The summed E-state index contributed by atoms with van der Waals surface area (Å²) in [5.74, 6) is -0.957. The number of hydrogen-bond donors (Lipinski definition) is 1. The van der Waals surface area contributed by atoms with Crippen LogP contribution in [-0.2, 0) is 14.9 Å². The van der Waals surface area contributed by atoms with Crippen molar-refractivity contribution in [2.24, 2.45) is 0 Å². The lowest BCUT2D eigenvalue weighted by atomic mass is 10.2. The van der Waals surface area contributed by atoms with E-state index in [0.29, 0.717) is 0 Å². The molecule has 0 aromatic heterocycles. The third-order valence-corrected chi connectivity index (χ3v) is 3.01. The average molecular weight is 277 g/mol. The molecule has 0 aliphatic heterocycles. The lowest BCUT2D eigenvalue weighted by molar-refractivity contribution is 0.0644.